The van der Waals surface area contributed by atoms with Crippen molar-refractivity contribution in [2.45, 2.75) is 57.1 Å². The number of aromatic hydroxyl groups is 1. The predicted octanol–water partition coefficient (Wildman–Crippen LogP) is 2.61. The highest BCUT2D eigenvalue weighted by molar-refractivity contribution is 5.28. The Hall–Kier alpha value is -1.06. The molecule has 3 heteroatoms. The van der Waals surface area contributed by atoms with Crippen LogP contribution in [0.4, 0.5) is 0 Å². The molecule has 1 aliphatic rings. The monoisotopic (exact) mass is 263 g/mol. The lowest BCUT2D eigenvalue weighted by molar-refractivity contribution is -0.00308. The van der Waals surface area contributed by atoms with Crippen LogP contribution < -0.4 is 5.32 Å². The van der Waals surface area contributed by atoms with Gasteiger partial charge in [-0.05, 0) is 56.3 Å². The van der Waals surface area contributed by atoms with Crippen LogP contribution in [-0.4, -0.2) is 28.4 Å². The number of aliphatic hydroxyl groups is 1. The molecule has 1 aromatic carbocycles. The zero-order valence-electron chi connectivity index (χ0n) is 11.7. The molecule has 3 nitrogen and oxygen atoms in total. The van der Waals surface area contributed by atoms with Gasteiger partial charge in [0.1, 0.15) is 5.75 Å². The Morgan fingerprint density at radius 3 is 2.68 bits per heavy atom. The number of phenols is 1. The summed E-state index contributed by atoms with van der Waals surface area (Å²) in [5, 5.41) is 23.7. The first-order chi connectivity index (χ1) is 9.11. The van der Waals surface area contributed by atoms with E-state index in [9.17, 15) is 10.2 Å². The number of rotatable bonds is 5. The number of benzene rings is 1. The average Bonchev–Trinajstić information content (AvgIpc) is 2.38. The van der Waals surface area contributed by atoms with Crippen molar-refractivity contribution in [1.82, 2.24) is 5.32 Å². The van der Waals surface area contributed by atoms with Gasteiger partial charge < -0.3 is 15.5 Å². The van der Waals surface area contributed by atoms with Gasteiger partial charge in [0.05, 0.1) is 5.60 Å². The van der Waals surface area contributed by atoms with Gasteiger partial charge in [-0.3, -0.25) is 0 Å². The molecular weight excluding hydrogens is 238 g/mol. The van der Waals surface area contributed by atoms with Crippen LogP contribution in [0.25, 0.3) is 0 Å². The maximum Gasteiger partial charge on any atom is 0.115 e. The van der Waals surface area contributed by atoms with E-state index in [-0.39, 0.29) is 5.75 Å². The Morgan fingerprint density at radius 2 is 2.05 bits per heavy atom. The first-order valence-corrected chi connectivity index (χ1v) is 7.35. The minimum absolute atomic E-state index is 0.277. The summed E-state index contributed by atoms with van der Waals surface area (Å²) in [6, 6.07) is 7.78. The van der Waals surface area contributed by atoms with E-state index in [0.717, 1.165) is 44.2 Å². The Labute approximate surface area is 115 Å². The fourth-order valence-corrected chi connectivity index (χ4v) is 2.93. The zero-order valence-corrected chi connectivity index (χ0v) is 11.7. The van der Waals surface area contributed by atoms with E-state index >= 15 is 0 Å². The standard InChI is InChI=1S/C16H25NO2/c1-2-10-17-14-6-8-16(19,9-7-14)12-13-4-3-5-15(18)11-13/h3-5,11,14,17-19H,2,6-10,12H2,1H3. The fourth-order valence-electron chi connectivity index (χ4n) is 2.93. The molecule has 106 valence electrons. The molecule has 2 rings (SSSR count). The summed E-state index contributed by atoms with van der Waals surface area (Å²) in [4.78, 5) is 0. The Morgan fingerprint density at radius 1 is 1.32 bits per heavy atom. The number of phenolic OH excluding ortho intramolecular Hbond substituents is 1. The third-order valence-electron chi connectivity index (χ3n) is 4.04. The molecule has 0 amide bonds. The van der Waals surface area contributed by atoms with Crippen LogP contribution >= 0.6 is 0 Å². The van der Waals surface area contributed by atoms with Crippen molar-refractivity contribution in [3.63, 3.8) is 0 Å². The zero-order chi connectivity index (χ0) is 13.7. The summed E-state index contributed by atoms with van der Waals surface area (Å²) in [7, 11) is 0. The first-order valence-electron chi connectivity index (χ1n) is 7.35. The van der Waals surface area contributed by atoms with Crippen LogP contribution in [0.3, 0.4) is 0 Å². The molecule has 0 aliphatic heterocycles. The van der Waals surface area contributed by atoms with Crippen LogP contribution in [0.5, 0.6) is 5.75 Å². The summed E-state index contributed by atoms with van der Waals surface area (Å²) in [6.07, 6.45) is 5.55. The van der Waals surface area contributed by atoms with Crippen LogP contribution in [0.2, 0.25) is 0 Å². The third-order valence-corrected chi connectivity index (χ3v) is 4.04. The molecule has 0 heterocycles. The molecular formula is C16H25NO2. The highest BCUT2D eigenvalue weighted by atomic mass is 16.3. The summed E-state index contributed by atoms with van der Waals surface area (Å²) < 4.78 is 0. The minimum Gasteiger partial charge on any atom is -0.508 e. The number of hydrogen-bond acceptors (Lipinski definition) is 3. The van der Waals surface area contributed by atoms with Gasteiger partial charge in [-0.15, -0.1) is 0 Å². The number of nitrogens with one attached hydrogen (secondary N) is 1. The van der Waals surface area contributed by atoms with Crippen molar-refractivity contribution in [3.8, 4) is 5.75 Å². The lowest BCUT2D eigenvalue weighted by Gasteiger charge is -2.36. The molecule has 1 aromatic rings. The fraction of sp³-hybridized carbons (Fsp3) is 0.625. The SMILES string of the molecule is CCCNC1CCC(O)(Cc2cccc(O)c2)CC1. The highest BCUT2D eigenvalue weighted by Crippen LogP contribution is 2.32. The number of hydrogen-bond donors (Lipinski definition) is 3. The second kappa shape index (κ2) is 6.40. The van der Waals surface area contributed by atoms with Gasteiger partial charge in [0.2, 0.25) is 0 Å². The van der Waals surface area contributed by atoms with Gasteiger partial charge in [-0.25, -0.2) is 0 Å². The Balaban J connectivity index is 1.87. The molecule has 0 radical (unpaired) electrons. The van der Waals surface area contributed by atoms with Gasteiger partial charge in [0, 0.05) is 12.5 Å². The summed E-state index contributed by atoms with van der Waals surface area (Å²) >= 11 is 0. The van der Waals surface area contributed by atoms with Crippen LogP contribution in [-0.2, 0) is 6.42 Å². The van der Waals surface area contributed by atoms with Crippen molar-refractivity contribution in [3.05, 3.63) is 29.8 Å². The minimum atomic E-state index is -0.599. The largest absolute Gasteiger partial charge is 0.508 e. The molecule has 0 spiro atoms. The van der Waals surface area contributed by atoms with Gasteiger partial charge in [0.25, 0.3) is 0 Å². The molecule has 0 saturated heterocycles. The molecule has 0 aromatic heterocycles. The van der Waals surface area contributed by atoms with E-state index in [1.807, 2.05) is 12.1 Å². The molecule has 0 bridgehead atoms. The van der Waals surface area contributed by atoms with Crippen molar-refractivity contribution < 1.29 is 10.2 Å². The second-order valence-electron chi connectivity index (χ2n) is 5.80. The topological polar surface area (TPSA) is 52.5 Å². The van der Waals surface area contributed by atoms with Crippen molar-refractivity contribution in [1.29, 1.82) is 0 Å². The summed E-state index contributed by atoms with van der Waals surface area (Å²) in [5.74, 6) is 0.277. The predicted molar refractivity (Wildman–Crippen MR) is 77.3 cm³/mol. The molecule has 1 aliphatic carbocycles. The van der Waals surface area contributed by atoms with E-state index < -0.39 is 5.60 Å². The van der Waals surface area contributed by atoms with Crippen LogP contribution in [0, 0.1) is 0 Å². The molecule has 1 fully saturated rings. The molecule has 0 unspecified atom stereocenters. The van der Waals surface area contributed by atoms with E-state index in [0.29, 0.717) is 12.5 Å². The van der Waals surface area contributed by atoms with E-state index in [1.54, 1.807) is 12.1 Å². The Bertz CT molecular complexity index is 397. The maximum absolute atomic E-state index is 10.6. The Kier molecular flexibility index (Phi) is 4.83. The maximum atomic E-state index is 10.6. The molecule has 0 atom stereocenters. The van der Waals surface area contributed by atoms with Crippen molar-refractivity contribution in [2.75, 3.05) is 6.54 Å². The second-order valence-corrected chi connectivity index (χ2v) is 5.80. The normalized spacial score (nSPS) is 27.4. The van der Waals surface area contributed by atoms with Crippen LogP contribution in [0.15, 0.2) is 24.3 Å². The molecule has 1 saturated carbocycles. The molecule has 19 heavy (non-hydrogen) atoms. The van der Waals surface area contributed by atoms with Crippen molar-refractivity contribution in [2.24, 2.45) is 0 Å². The van der Waals surface area contributed by atoms with E-state index in [1.165, 1.54) is 0 Å². The van der Waals surface area contributed by atoms with Crippen molar-refractivity contribution >= 4 is 0 Å². The lowest BCUT2D eigenvalue weighted by atomic mass is 9.78. The van der Waals surface area contributed by atoms with Gasteiger partial charge in [0.15, 0.2) is 0 Å². The van der Waals surface area contributed by atoms with E-state index in [4.69, 9.17) is 0 Å². The molecule has 3 N–H and O–H groups in total. The quantitative estimate of drug-likeness (QED) is 0.765. The smallest absolute Gasteiger partial charge is 0.115 e. The highest BCUT2D eigenvalue weighted by Gasteiger charge is 2.33. The van der Waals surface area contributed by atoms with Gasteiger partial charge in [-0.1, -0.05) is 19.1 Å². The summed E-state index contributed by atoms with van der Waals surface area (Å²) in [6.45, 7) is 3.24. The third kappa shape index (κ3) is 4.22. The average molecular weight is 263 g/mol. The van der Waals surface area contributed by atoms with Gasteiger partial charge >= 0.3 is 0 Å². The van der Waals surface area contributed by atoms with E-state index in [2.05, 4.69) is 12.2 Å². The first kappa shape index (κ1) is 14.4. The van der Waals surface area contributed by atoms with Crippen LogP contribution in [0.1, 0.15) is 44.6 Å². The lowest BCUT2D eigenvalue weighted by Crippen LogP contribution is -2.42. The summed E-state index contributed by atoms with van der Waals surface area (Å²) in [5.41, 5.74) is 0.417. The van der Waals surface area contributed by atoms with Gasteiger partial charge in [-0.2, -0.15) is 0 Å².